The first-order valence-electron chi connectivity index (χ1n) is 41.4. The van der Waals surface area contributed by atoms with Crippen molar-refractivity contribution in [3.63, 3.8) is 0 Å². The zero-order chi connectivity index (χ0) is 70.4. The number of hydrogen-bond acceptors (Lipinski definition) is 8. The minimum atomic E-state index is -4.65. The Labute approximate surface area is 602 Å². The lowest BCUT2D eigenvalue weighted by Crippen LogP contribution is -2.37. The Kier molecular flexibility index (Phi) is 74.7. The molecule has 0 bridgehead atoms. The second-order valence-corrected chi connectivity index (χ2v) is 30.5. The quantitative estimate of drug-likeness (QED) is 0.0195. The Bertz CT molecular complexity index is 1960. The number of phosphoric ester groups is 1. The van der Waals surface area contributed by atoms with Gasteiger partial charge in [-0.3, -0.25) is 14.2 Å². The molecule has 10 heteroatoms. The number of carbonyl (C=O) groups excluding carboxylic acids is 2. The zero-order valence-corrected chi connectivity index (χ0v) is 65.4. The van der Waals surface area contributed by atoms with Gasteiger partial charge in [0.25, 0.3) is 7.82 Å². The van der Waals surface area contributed by atoms with Crippen molar-refractivity contribution in [2.75, 3.05) is 47.5 Å². The summed E-state index contributed by atoms with van der Waals surface area (Å²) in [5, 5.41) is 0. The van der Waals surface area contributed by atoms with Gasteiger partial charge in [-0.05, 0) is 77.0 Å². The minimum Gasteiger partial charge on any atom is -0.756 e. The lowest BCUT2D eigenvalue weighted by atomic mass is 10.0. The molecule has 0 aliphatic carbocycles. The highest BCUT2D eigenvalue weighted by molar-refractivity contribution is 7.45. The van der Waals surface area contributed by atoms with Crippen molar-refractivity contribution in [3.8, 4) is 0 Å². The fourth-order valence-electron chi connectivity index (χ4n) is 12.1. The summed E-state index contributed by atoms with van der Waals surface area (Å²) in [4.78, 5) is 38.2. The molecule has 2 atom stereocenters. The van der Waals surface area contributed by atoms with Gasteiger partial charge in [0.15, 0.2) is 6.10 Å². The summed E-state index contributed by atoms with van der Waals surface area (Å²) in [6.45, 7) is 4.19. The Morgan fingerprint density at radius 1 is 0.330 bits per heavy atom. The van der Waals surface area contributed by atoms with Crippen LogP contribution < -0.4 is 4.89 Å². The predicted octanol–water partition coefficient (Wildman–Crippen LogP) is 27.2. The van der Waals surface area contributed by atoms with Gasteiger partial charge in [0.05, 0.1) is 27.7 Å². The van der Waals surface area contributed by atoms with Crippen LogP contribution in [0.15, 0.2) is 97.2 Å². The summed E-state index contributed by atoms with van der Waals surface area (Å²) in [6.07, 6.45) is 108. The topological polar surface area (TPSA) is 111 Å². The average Bonchev–Trinajstić information content (AvgIpc) is 1.69. The maximum absolute atomic E-state index is 12.9. The van der Waals surface area contributed by atoms with Crippen molar-refractivity contribution in [1.29, 1.82) is 0 Å². The van der Waals surface area contributed by atoms with Gasteiger partial charge in [0.2, 0.25) is 0 Å². The summed E-state index contributed by atoms with van der Waals surface area (Å²) >= 11 is 0. The van der Waals surface area contributed by atoms with Crippen LogP contribution >= 0.6 is 7.82 Å². The molecule has 0 heterocycles. The number of rotatable bonds is 77. The molecule has 564 valence electrons. The maximum atomic E-state index is 12.9. The molecule has 0 saturated carbocycles. The van der Waals surface area contributed by atoms with Gasteiger partial charge < -0.3 is 27.9 Å². The smallest absolute Gasteiger partial charge is 0.306 e. The number of ether oxygens (including phenoxy) is 2. The number of esters is 2. The number of allylic oxidation sites excluding steroid dienone is 16. The highest BCUT2D eigenvalue weighted by atomic mass is 31.2. The normalized spacial score (nSPS) is 13.5. The number of quaternary nitrogens is 1. The van der Waals surface area contributed by atoms with E-state index in [1.165, 1.54) is 270 Å². The average molecular weight is 1380 g/mol. The minimum absolute atomic E-state index is 0.0307. The number of unbranched alkanes of at least 4 members (excludes halogenated alkanes) is 47. The predicted molar refractivity (Wildman–Crippen MR) is 420 cm³/mol. The van der Waals surface area contributed by atoms with Crippen molar-refractivity contribution in [2.24, 2.45) is 0 Å². The zero-order valence-electron chi connectivity index (χ0n) is 64.5. The second-order valence-electron chi connectivity index (χ2n) is 29.1. The molecule has 0 saturated heterocycles. The summed E-state index contributed by atoms with van der Waals surface area (Å²) < 4.78 is 34.4. The number of likely N-dealkylation sites (N-methyl/N-ethyl adjacent to an activating group) is 1. The van der Waals surface area contributed by atoms with Gasteiger partial charge in [-0.1, -0.05) is 400 Å². The molecular formula is C87H158NO8P. The van der Waals surface area contributed by atoms with Crippen molar-refractivity contribution in [1.82, 2.24) is 0 Å². The van der Waals surface area contributed by atoms with E-state index in [0.717, 1.165) is 89.9 Å². The third kappa shape index (κ3) is 81.8. The van der Waals surface area contributed by atoms with Crippen LogP contribution in [0.5, 0.6) is 0 Å². The van der Waals surface area contributed by atoms with Gasteiger partial charge in [-0.15, -0.1) is 0 Å². The molecule has 0 aromatic carbocycles. The van der Waals surface area contributed by atoms with E-state index in [1.54, 1.807) is 0 Å². The van der Waals surface area contributed by atoms with Crippen LogP contribution in [0, 0.1) is 0 Å². The summed E-state index contributed by atoms with van der Waals surface area (Å²) in [7, 11) is 1.18. The summed E-state index contributed by atoms with van der Waals surface area (Å²) in [5.74, 6) is -0.815. The molecule has 0 N–H and O–H groups in total. The third-order valence-electron chi connectivity index (χ3n) is 18.4. The number of carbonyl (C=O) groups is 2. The first-order valence-corrected chi connectivity index (χ1v) is 42.9. The molecule has 0 aromatic rings. The summed E-state index contributed by atoms with van der Waals surface area (Å²) in [5.41, 5.74) is 0. The molecule has 97 heavy (non-hydrogen) atoms. The van der Waals surface area contributed by atoms with E-state index in [4.69, 9.17) is 18.5 Å². The van der Waals surface area contributed by atoms with Crippen molar-refractivity contribution in [3.05, 3.63) is 97.2 Å². The Balaban J connectivity index is 3.94. The maximum Gasteiger partial charge on any atom is 0.306 e. The van der Waals surface area contributed by atoms with Gasteiger partial charge in [-0.2, -0.15) is 0 Å². The van der Waals surface area contributed by atoms with E-state index in [2.05, 4.69) is 111 Å². The lowest BCUT2D eigenvalue weighted by Gasteiger charge is -2.28. The first kappa shape index (κ1) is 93.9. The van der Waals surface area contributed by atoms with Crippen LogP contribution in [0.25, 0.3) is 0 Å². The van der Waals surface area contributed by atoms with Crippen LogP contribution in [0.4, 0.5) is 0 Å². The molecule has 0 aliphatic rings. The molecule has 0 aliphatic heterocycles. The van der Waals surface area contributed by atoms with Gasteiger partial charge in [0.1, 0.15) is 19.8 Å². The third-order valence-corrected chi connectivity index (χ3v) is 19.3. The number of phosphoric acid groups is 1. The molecular weight excluding hydrogens is 1220 g/mol. The van der Waals surface area contributed by atoms with Gasteiger partial charge in [0, 0.05) is 12.8 Å². The highest BCUT2D eigenvalue weighted by Crippen LogP contribution is 2.38. The molecule has 2 unspecified atom stereocenters. The number of hydrogen-bond donors (Lipinski definition) is 0. The van der Waals surface area contributed by atoms with Crippen LogP contribution in [-0.4, -0.2) is 70.0 Å². The van der Waals surface area contributed by atoms with E-state index < -0.39 is 26.5 Å². The largest absolute Gasteiger partial charge is 0.756 e. The monoisotopic (exact) mass is 1380 g/mol. The fourth-order valence-corrected chi connectivity index (χ4v) is 12.8. The first-order chi connectivity index (χ1) is 47.5. The molecule has 0 rings (SSSR count). The Morgan fingerprint density at radius 2 is 0.588 bits per heavy atom. The van der Waals surface area contributed by atoms with Crippen LogP contribution in [0.1, 0.15) is 393 Å². The van der Waals surface area contributed by atoms with Crippen LogP contribution in [0.3, 0.4) is 0 Å². The van der Waals surface area contributed by atoms with Gasteiger partial charge >= 0.3 is 11.9 Å². The van der Waals surface area contributed by atoms with E-state index in [9.17, 15) is 19.0 Å². The Morgan fingerprint density at radius 3 is 0.876 bits per heavy atom. The standard InChI is InChI=1S/C87H158NO8P/c1-6-8-10-12-14-16-18-20-22-24-26-28-30-32-34-36-38-40-41-42-43-44-45-46-47-48-50-52-54-56-58-60-62-64-66-68-70-72-74-76-78-80-87(90)96-85(84-95-97(91,92)94-82-81-88(3,4)5)83-93-86(89)79-77-75-73-71-69-67-65-63-61-59-57-55-53-51-49-39-37-35-33-31-29-27-25-23-21-19-17-15-13-11-9-7-2/h8,10,14,16,20,22,26,28,32,34,38,40,42-43,45-46,85H,6-7,9,11-13,15,17-19,21,23-25,27,29-31,33,35-37,39,41,44,47-84H2,1-5H3/b10-8-,16-14-,22-20-,28-26-,34-32-,40-38-,43-42-,46-45-. The van der Waals surface area contributed by atoms with E-state index in [0.29, 0.717) is 17.4 Å². The van der Waals surface area contributed by atoms with E-state index >= 15 is 0 Å². The molecule has 0 spiro atoms. The SMILES string of the molecule is CC/C=C\C/C=C\C/C=C\C/C=C\C/C=C\C/C=C\C/C=C\C/C=C\CCCCCCCCCCCCCCCCCCC(=O)OC(COC(=O)CCCCCCCCCCCCCCCCCCCCCCCCCCCCCCCCCC)COP(=O)([O-])OCC[N+](C)(C)C. The summed E-state index contributed by atoms with van der Waals surface area (Å²) in [6, 6.07) is 0. The van der Waals surface area contributed by atoms with Crippen LogP contribution in [0.2, 0.25) is 0 Å². The molecule has 0 radical (unpaired) electrons. The highest BCUT2D eigenvalue weighted by Gasteiger charge is 2.22. The Hall–Kier alpha value is -3.07. The molecule has 0 amide bonds. The molecule has 0 aromatic heterocycles. The molecule has 0 fully saturated rings. The second kappa shape index (κ2) is 77.1. The van der Waals surface area contributed by atoms with Gasteiger partial charge in [-0.25, -0.2) is 0 Å². The van der Waals surface area contributed by atoms with Crippen molar-refractivity contribution >= 4 is 19.8 Å². The van der Waals surface area contributed by atoms with Crippen molar-refractivity contribution < 1.29 is 42.1 Å². The number of nitrogens with zero attached hydrogens (tertiary/aromatic N) is 1. The van der Waals surface area contributed by atoms with E-state index in [1.807, 2.05) is 21.1 Å². The lowest BCUT2D eigenvalue weighted by molar-refractivity contribution is -0.870. The van der Waals surface area contributed by atoms with Crippen molar-refractivity contribution in [2.45, 2.75) is 399 Å². The van der Waals surface area contributed by atoms with Crippen LogP contribution in [-0.2, 0) is 32.7 Å². The van der Waals surface area contributed by atoms with E-state index in [-0.39, 0.29) is 32.0 Å². The fraction of sp³-hybridized carbons (Fsp3) is 0.793. The molecule has 9 nitrogen and oxygen atoms in total.